The predicted molar refractivity (Wildman–Crippen MR) is 104 cm³/mol. The fourth-order valence-corrected chi connectivity index (χ4v) is 4.79. The van der Waals surface area contributed by atoms with Gasteiger partial charge in [-0.1, -0.05) is 43.5 Å². The SMILES string of the molecule is CCNCC1CCN(C(=O)C2(Cc3cccc(Cl)c3)CCCC2)CC1. The number of nitrogens with zero attached hydrogens (tertiary/aromatic N) is 1. The van der Waals surface area contributed by atoms with E-state index in [0.717, 1.165) is 69.2 Å². The van der Waals surface area contributed by atoms with Crippen molar-refractivity contribution in [3.63, 3.8) is 0 Å². The molecule has 1 saturated heterocycles. The zero-order valence-corrected chi connectivity index (χ0v) is 16.2. The molecule has 0 spiro atoms. The highest BCUT2D eigenvalue weighted by molar-refractivity contribution is 6.30. The van der Waals surface area contributed by atoms with E-state index in [9.17, 15) is 4.79 Å². The summed E-state index contributed by atoms with van der Waals surface area (Å²) in [5, 5.41) is 4.21. The Morgan fingerprint density at radius 1 is 1.28 bits per heavy atom. The van der Waals surface area contributed by atoms with E-state index in [-0.39, 0.29) is 5.41 Å². The lowest BCUT2D eigenvalue weighted by atomic mass is 9.78. The number of halogens is 1. The summed E-state index contributed by atoms with van der Waals surface area (Å²) in [5.74, 6) is 1.11. The third-order valence-electron chi connectivity index (χ3n) is 6.03. The first-order valence-corrected chi connectivity index (χ1v) is 10.3. The maximum atomic E-state index is 13.4. The molecule has 0 radical (unpaired) electrons. The van der Waals surface area contributed by atoms with E-state index in [4.69, 9.17) is 11.6 Å². The first-order valence-electron chi connectivity index (χ1n) is 9.87. The first kappa shape index (κ1) is 18.7. The summed E-state index contributed by atoms with van der Waals surface area (Å²) in [7, 11) is 0. The van der Waals surface area contributed by atoms with Crippen molar-refractivity contribution in [1.29, 1.82) is 0 Å². The number of benzene rings is 1. The van der Waals surface area contributed by atoms with E-state index in [2.05, 4.69) is 23.2 Å². The van der Waals surface area contributed by atoms with Crippen LogP contribution in [0.1, 0.15) is 51.0 Å². The Labute approximate surface area is 157 Å². The molecule has 3 nitrogen and oxygen atoms in total. The number of hydrogen-bond donors (Lipinski definition) is 1. The zero-order chi connectivity index (χ0) is 17.7. The van der Waals surface area contributed by atoms with Gasteiger partial charge in [0.05, 0.1) is 5.41 Å². The second-order valence-corrected chi connectivity index (χ2v) is 8.27. The maximum absolute atomic E-state index is 13.4. The van der Waals surface area contributed by atoms with E-state index in [1.54, 1.807) is 0 Å². The fraction of sp³-hybridized carbons (Fsp3) is 0.667. The quantitative estimate of drug-likeness (QED) is 0.818. The minimum Gasteiger partial charge on any atom is -0.342 e. The van der Waals surface area contributed by atoms with Crippen LogP contribution in [-0.4, -0.2) is 37.0 Å². The number of likely N-dealkylation sites (tertiary alicyclic amines) is 1. The topological polar surface area (TPSA) is 32.3 Å². The van der Waals surface area contributed by atoms with Gasteiger partial charge in [-0.3, -0.25) is 4.79 Å². The van der Waals surface area contributed by atoms with Crippen LogP contribution in [0.3, 0.4) is 0 Å². The highest BCUT2D eigenvalue weighted by atomic mass is 35.5. The molecule has 1 saturated carbocycles. The van der Waals surface area contributed by atoms with Gasteiger partial charge in [0.25, 0.3) is 0 Å². The van der Waals surface area contributed by atoms with Gasteiger partial charge in [0, 0.05) is 18.1 Å². The smallest absolute Gasteiger partial charge is 0.229 e. The molecule has 25 heavy (non-hydrogen) atoms. The summed E-state index contributed by atoms with van der Waals surface area (Å²) in [4.78, 5) is 15.6. The van der Waals surface area contributed by atoms with Crippen molar-refractivity contribution in [3.05, 3.63) is 34.9 Å². The van der Waals surface area contributed by atoms with E-state index in [0.29, 0.717) is 5.91 Å². The van der Waals surface area contributed by atoms with Crippen molar-refractivity contribution in [2.45, 2.75) is 51.9 Å². The van der Waals surface area contributed by atoms with Crippen LogP contribution in [0.2, 0.25) is 5.02 Å². The molecule has 1 heterocycles. The van der Waals surface area contributed by atoms with Gasteiger partial charge in [0.1, 0.15) is 0 Å². The third-order valence-corrected chi connectivity index (χ3v) is 6.27. The van der Waals surface area contributed by atoms with Gasteiger partial charge < -0.3 is 10.2 Å². The average Bonchev–Trinajstić information content (AvgIpc) is 3.09. The van der Waals surface area contributed by atoms with Crippen molar-refractivity contribution < 1.29 is 4.79 Å². The molecule has 0 atom stereocenters. The normalized spacial score (nSPS) is 20.8. The molecule has 1 aliphatic carbocycles. The van der Waals surface area contributed by atoms with Crippen molar-refractivity contribution in [3.8, 4) is 0 Å². The van der Waals surface area contributed by atoms with Crippen LogP contribution in [-0.2, 0) is 11.2 Å². The molecule has 0 unspecified atom stereocenters. The third kappa shape index (κ3) is 4.57. The molecule has 2 fully saturated rings. The van der Waals surface area contributed by atoms with E-state index in [1.165, 1.54) is 18.4 Å². The Morgan fingerprint density at radius 2 is 2.00 bits per heavy atom. The minimum absolute atomic E-state index is 0.195. The Morgan fingerprint density at radius 3 is 2.64 bits per heavy atom. The molecule has 4 heteroatoms. The number of piperidine rings is 1. The van der Waals surface area contributed by atoms with Crippen LogP contribution in [0.15, 0.2) is 24.3 Å². The van der Waals surface area contributed by atoms with E-state index in [1.807, 2.05) is 18.2 Å². The molecule has 3 rings (SSSR count). The summed E-state index contributed by atoms with van der Waals surface area (Å²) in [6, 6.07) is 8.04. The first-order chi connectivity index (χ1) is 12.1. The Kier molecular flexibility index (Phi) is 6.40. The van der Waals surface area contributed by atoms with Crippen molar-refractivity contribution >= 4 is 17.5 Å². The number of carbonyl (C=O) groups is 1. The lowest BCUT2D eigenvalue weighted by Crippen LogP contribution is -2.48. The molecule has 0 aromatic heterocycles. The minimum atomic E-state index is -0.195. The monoisotopic (exact) mass is 362 g/mol. The molecular formula is C21H31ClN2O. The number of nitrogens with one attached hydrogen (secondary N) is 1. The number of rotatable bonds is 6. The Hall–Kier alpha value is -1.06. The van der Waals surface area contributed by atoms with Gasteiger partial charge in [-0.25, -0.2) is 0 Å². The molecular weight excluding hydrogens is 332 g/mol. The lowest BCUT2D eigenvalue weighted by molar-refractivity contribution is -0.143. The maximum Gasteiger partial charge on any atom is 0.229 e. The second kappa shape index (κ2) is 8.55. The number of carbonyl (C=O) groups excluding carboxylic acids is 1. The molecule has 1 aliphatic heterocycles. The summed E-state index contributed by atoms with van der Waals surface area (Å²) in [6.07, 6.45) is 7.49. The Balaban J connectivity index is 1.65. The molecule has 1 amide bonds. The molecule has 1 N–H and O–H groups in total. The average molecular weight is 363 g/mol. The number of amides is 1. The van der Waals surface area contributed by atoms with Crippen molar-refractivity contribution in [2.24, 2.45) is 11.3 Å². The van der Waals surface area contributed by atoms with Crippen molar-refractivity contribution in [2.75, 3.05) is 26.2 Å². The fourth-order valence-electron chi connectivity index (χ4n) is 4.58. The van der Waals surface area contributed by atoms with Crippen LogP contribution in [0.25, 0.3) is 0 Å². The number of hydrogen-bond acceptors (Lipinski definition) is 2. The van der Waals surface area contributed by atoms with Crippen LogP contribution >= 0.6 is 11.6 Å². The van der Waals surface area contributed by atoms with Gasteiger partial charge in [-0.15, -0.1) is 0 Å². The van der Waals surface area contributed by atoms with Gasteiger partial charge in [0.15, 0.2) is 0 Å². The summed E-state index contributed by atoms with van der Waals surface area (Å²) in [6.45, 7) is 6.12. The highest BCUT2D eigenvalue weighted by Crippen LogP contribution is 2.43. The van der Waals surface area contributed by atoms with Crippen LogP contribution < -0.4 is 5.32 Å². The summed E-state index contributed by atoms with van der Waals surface area (Å²) >= 11 is 6.16. The standard InChI is InChI=1S/C21H31ClN2O/c1-2-23-16-17-8-12-24(13-9-17)20(25)21(10-3-4-11-21)15-18-6-5-7-19(22)14-18/h5-7,14,17,23H,2-4,8-13,15-16H2,1H3. The highest BCUT2D eigenvalue weighted by Gasteiger charge is 2.44. The predicted octanol–water partition coefficient (Wildman–Crippen LogP) is 4.29. The van der Waals surface area contributed by atoms with E-state index < -0.39 is 0 Å². The van der Waals surface area contributed by atoms with Crippen LogP contribution in [0.4, 0.5) is 0 Å². The van der Waals surface area contributed by atoms with Gasteiger partial charge in [-0.05, 0) is 68.8 Å². The summed E-state index contributed by atoms with van der Waals surface area (Å²) in [5.41, 5.74) is 1.00. The van der Waals surface area contributed by atoms with E-state index >= 15 is 0 Å². The Bertz CT molecular complexity index is 575. The van der Waals surface area contributed by atoms with Crippen LogP contribution in [0, 0.1) is 11.3 Å². The zero-order valence-electron chi connectivity index (χ0n) is 15.4. The second-order valence-electron chi connectivity index (χ2n) is 7.84. The van der Waals surface area contributed by atoms with Crippen LogP contribution in [0.5, 0.6) is 0 Å². The molecule has 138 valence electrons. The molecule has 1 aromatic carbocycles. The van der Waals surface area contributed by atoms with Crippen molar-refractivity contribution in [1.82, 2.24) is 10.2 Å². The van der Waals surface area contributed by atoms with Gasteiger partial charge >= 0.3 is 0 Å². The molecule has 1 aromatic rings. The molecule has 2 aliphatic rings. The van der Waals surface area contributed by atoms with Gasteiger partial charge in [0.2, 0.25) is 5.91 Å². The van der Waals surface area contributed by atoms with Gasteiger partial charge in [-0.2, -0.15) is 0 Å². The largest absolute Gasteiger partial charge is 0.342 e. The lowest BCUT2D eigenvalue weighted by Gasteiger charge is -2.38. The summed E-state index contributed by atoms with van der Waals surface area (Å²) < 4.78 is 0. The molecule has 0 bridgehead atoms.